The van der Waals surface area contributed by atoms with Crippen molar-refractivity contribution in [2.75, 3.05) is 0 Å². The molecule has 0 heterocycles. The van der Waals surface area contributed by atoms with Gasteiger partial charge in [0, 0.05) is 11.8 Å². The first kappa shape index (κ1) is 9.08. The fourth-order valence-electron chi connectivity index (χ4n) is 1.21. The second-order valence-electron chi connectivity index (χ2n) is 3.41. The van der Waals surface area contributed by atoms with Gasteiger partial charge in [-0.1, -0.05) is 37.0 Å². The molecule has 0 amide bonds. The van der Waals surface area contributed by atoms with Crippen molar-refractivity contribution in [1.82, 2.24) is 0 Å². The summed E-state index contributed by atoms with van der Waals surface area (Å²) in [6, 6.07) is 0. The highest BCUT2D eigenvalue weighted by atomic mass is 35.5. The van der Waals surface area contributed by atoms with E-state index in [1.807, 2.05) is 13.8 Å². The van der Waals surface area contributed by atoms with Gasteiger partial charge in [0.1, 0.15) is 10.3 Å². The SMILES string of the molecule is CC1(C)C(=O)CC1C=C(Cl)Cl. The molecule has 1 nitrogen and oxygen atoms in total. The smallest absolute Gasteiger partial charge is 0.139 e. The Labute approximate surface area is 76.4 Å². The quantitative estimate of drug-likeness (QED) is 0.625. The number of ketones is 1. The summed E-state index contributed by atoms with van der Waals surface area (Å²) in [5.41, 5.74) is -0.255. The van der Waals surface area contributed by atoms with Crippen molar-refractivity contribution >= 4 is 29.0 Å². The molecule has 0 bridgehead atoms. The Morgan fingerprint density at radius 1 is 1.64 bits per heavy atom. The normalized spacial score (nSPS) is 27.6. The average molecular weight is 193 g/mol. The van der Waals surface area contributed by atoms with Gasteiger partial charge in [0.15, 0.2) is 0 Å². The van der Waals surface area contributed by atoms with E-state index in [9.17, 15) is 4.79 Å². The molecule has 1 aliphatic rings. The molecular weight excluding hydrogens is 183 g/mol. The van der Waals surface area contributed by atoms with Gasteiger partial charge < -0.3 is 0 Å². The van der Waals surface area contributed by atoms with Crippen LogP contribution >= 0.6 is 23.2 Å². The molecule has 11 heavy (non-hydrogen) atoms. The van der Waals surface area contributed by atoms with Crippen molar-refractivity contribution in [3.05, 3.63) is 10.6 Å². The van der Waals surface area contributed by atoms with E-state index < -0.39 is 0 Å². The van der Waals surface area contributed by atoms with E-state index in [1.54, 1.807) is 6.08 Å². The summed E-state index contributed by atoms with van der Waals surface area (Å²) < 4.78 is 0.260. The van der Waals surface area contributed by atoms with Crippen molar-refractivity contribution in [1.29, 1.82) is 0 Å². The monoisotopic (exact) mass is 192 g/mol. The zero-order valence-electron chi connectivity index (χ0n) is 6.53. The van der Waals surface area contributed by atoms with Gasteiger partial charge in [-0.25, -0.2) is 0 Å². The van der Waals surface area contributed by atoms with Crippen LogP contribution in [0, 0.1) is 11.3 Å². The lowest BCUT2D eigenvalue weighted by atomic mass is 9.61. The minimum atomic E-state index is -0.255. The van der Waals surface area contributed by atoms with E-state index in [-0.39, 0.29) is 21.6 Å². The molecular formula is C8H10Cl2O. The van der Waals surface area contributed by atoms with Gasteiger partial charge >= 0.3 is 0 Å². The topological polar surface area (TPSA) is 17.1 Å². The summed E-state index contributed by atoms with van der Waals surface area (Å²) in [6.45, 7) is 3.83. The van der Waals surface area contributed by atoms with Crippen molar-refractivity contribution < 1.29 is 4.79 Å². The molecule has 0 spiro atoms. The molecule has 62 valence electrons. The summed E-state index contributed by atoms with van der Waals surface area (Å²) >= 11 is 11.0. The highest BCUT2D eigenvalue weighted by Crippen LogP contribution is 2.44. The Morgan fingerprint density at radius 3 is 2.45 bits per heavy atom. The van der Waals surface area contributed by atoms with Crippen LogP contribution in [-0.4, -0.2) is 5.78 Å². The molecule has 0 saturated heterocycles. The Morgan fingerprint density at radius 2 is 2.18 bits per heavy atom. The van der Waals surface area contributed by atoms with Crippen LogP contribution < -0.4 is 0 Å². The van der Waals surface area contributed by atoms with E-state index in [0.29, 0.717) is 6.42 Å². The maximum absolute atomic E-state index is 11.0. The lowest BCUT2D eigenvalue weighted by Gasteiger charge is -2.40. The Bertz CT molecular complexity index is 214. The molecule has 0 N–H and O–H groups in total. The van der Waals surface area contributed by atoms with Crippen molar-refractivity contribution in [3.63, 3.8) is 0 Å². The average Bonchev–Trinajstić information content (AvgIpc) is 1.87. The predicted molar refractivity (Wildman–Crippen MR) is 46.7 cm³/mol. The highest BCUT2D eigenvalue weighted by Gasteiger charge is 2.45. The minimum absolute atomic E-state index is 0.222. The maximum atomic E-state index is 11.0. The zero-order valence-corrected chi connectivity index (χ0v) is 8.04. The summed E-state index contributed by atoms with van der Waals surface area (Å²) in [7, 11) is 0. The summed E-state index contributed by atoms with van der Waals surface area (Å²) in [6.07, 6.45) is 2.32. The Kier molecular flexibility index (Phi) is 2.31. The number of carbonyl (C=O) groups is 1. The number of hydrogen-bond acceptors (Lipinski definition) is 1. The molecule has 0 aromatic heterocycles. The molecule has 1 fully saturated rings. The van der Waals surface area contributed by atoms with E-state index in [0.717, 1.165) is 0 Å². The van der Waals surface area contributed by atoms with Crippen LogP contribution in [0.4, 0.5) is 0 Å². The fraction of sp³-hybridized carbons (Fsp3) is 0.625. The molecule has 0 aromatic carbocycles. The second-order valence-corrected chi connectivity index (χ2v) is 4.42. The number of hydrogen-bond donors (Lipinski definition) is 0. The standard InChI is InChI=1S/C8H10Cl2O/c1-8(2)5(3-6(8)11)4-7(9)10/h4-5H,3H2,1-2H3. The lowest BCUT2D eigenvalue weighted by molar-refractivity contribution is -0.139. The van der Waals surface area contributed by atoms with Gasteiger partial charge in [-0.3, -0.25) is 4.79 Å². The molecule has 0 aromatic rings. The van der Waals surface area contributed by atoms with Crippen LogP contribution in [0.5, 0.6) is 0 Å². The van der Waals surface area contributed by atoms with Gasteiger partial charge in [-0.05, 0) is 12.0 Å². The maximum Gasteiger partial charge on any atom is 0.139 e. The van der Waals surface area contributed by atoms with Crippen LogP contribution in [0.25, 0.3) is 0 Å². The first-order valence-corrected chi connectivity index (χ1v) is 4.26. The van der Waals surface area contributed by atoms with Gasteiger partial charge in [0.2, 0.25) is 0 Å². The molecule has 0 radical (unpaired) electrons. The van der Waals surface area contributed by atoms with E-state index in [2.05, 4.69) is 0 Å². The molecule has 3 heteroatoms. The Balaban J connectivity index is 2.68. The van der Waals surface area contributed by atoms with Gasteiger partial charge in [-0.2, -0.15) is 0 Å². The van der Waals surface area contributed by atoms with E-state index in [4.69, 9.17) is 23.2 Å². The van der Waals surface area contributed by atoms with Crippen molar-refractivity contribution in [2.45, 2.75) is 20.3 Å². The van der Waals surface area contributed by atoms with Crippen LogP contribution in [0.2, 0.25) is 0 Å². The second kappa shape index (κ2) is 2.80. The largest absolute Gasteiger partial charge is 0.299 e. The molecule has 1 atom stereocenters. The Hall–Kier alpha value is -0.0100. The minimum Gasteiger partial charge on any atom is -0.299 e. The third kappa shape index (κ3) is 1.60. The molecule has 1 rings (SSSR count). The highest BCUT2D eigenvalue weighted by molar-refractivity contribution is 6.55. The van der Waals surface area contributed by atoms with Crippen LogP contribution in [0.3, 0.4) is 0 Å². The molecule has 0 aliphatic heterocycles. The van der Waals surface area contributed by atoms with Crippen molar-refractivity contribution in [3.8, 4) is 0 Å². The van der Waals surface area contributed by atoms with Gasteiger partial charge in [-0.15, -0.1) is 0 Å². The number of allylic oxidation sites excluding steroid dienone is 1. The number of carbonyl (C=O) groups excluding carboxylic acids is 1. The summed E-state index contributed by atoms with van der Waals surface area (Å²) in [5, 5.41) is 0. The van der Waals surface area contributed by atoms with Crippen LogP contribution in [-0.2, 0) is 4.79 Å². The number of halogens is 2. The zero-order chi connectivity index (χ0) is 8.65. The summed E-state index contributed by atoms with van der Waals surface area (Å²) in [4.78, 5) is 11.0. The first-order chi connectivity index (χ1) is 4.94. The lowest BCUT2D eigenvalue weighted by Crippen LogP contribution is -2.44. The molecule has 1 unspecified atom stereocenters. The first-order valence-electron chi connectivity index (χ1n) is 3.50. The fourth-order valence-corrected chi connectivity index (χ4v) is 1.52. The van der Waals surface area contributed by atoms with Gasteiger partial charge in [0.25, 0.3) is 0 Å². The van der Waals surface area contributed by atoms with E-state index >= 15 is 0 Å². The van der Waals surface area contributed by atoms with Crippen LogP contribution in [0.1, 0.15) is 20.3 Å². The predicted octanol–water partition coefficient (Wildman–Crippen LogP) is 2.92. The van der Waals surface area contributed by atoms with E-state index in [1.165, 1.54) is 0 Å². The molecule has 1 saturated carbocycles. The number of Topliss-reactive ketones (excluding diaryl/α,β-unsaturated/α-hetero) is 1. The molecule has 1 aliphatic carbocycles. The van der Waals surface area contributed by atoms with Crippen LogP contribution in [0.15, 0.2) is 10.6 Å². The van der Waals surface area contributed by atoms with Gasteiger partial charge in [0.05, 0.1) is 0 Å². The summed E-state index contributed by atoms with van der Waals surface area (Å²) in [5.74, 6) is 0.508. The number of rotatable bonds is 1. The third-order valence-electron chi connectivity index (χ3n) is 2.38. The third-order valence-corrected chi connectivity index (χ3v) is 2.63. The van der Waals surface area contributed by atoms with Crippen molar-refractivity contribution in [2.24, 2.45) is 11.3 Å².